The largest absolute Gasteiger partial charge is 0.365 e. The van der Waals surface area contributed by atoms with E-state index in [1.54, 1.807) is 18.2 Å². The van der Waals surface area contributed by atoms with Crippen LogP contribution in [0.15, 0.2) is 47.4 Å². The third kappa shape index (κ3) is 3.92. The van der Waals surface area contributed by atoms with E-state index in [1.165, 1.54) is 22.6 Å². The van der Waals surface area contributed by atoms with Crippen molar-refractivity contribution in [3.8, 4) is 0 Å². The van der Waals surface area contributed by atoms with Crippen LogP contribution in [0.25, 0.3) is 11.6 Å². The highest BCUT2D eigenvalue weighted by Crippen LogP contribution is 2.40. The van der Waals surface area contributed by atoms with E-state index in [2.05, 4.69) is 50.9 Å². The maximum absolute atomic E-state index is 13.1. The van der Waals surface area contributed by atoms with Gasteiger partial charge in [-0.3, -0.25) is 14.5 Å². The quantitative estimate of drug-likeness (QED) is 0.553. The van der Waals surface area contributed by atoms with Crippen LogP contribution in [0.4, 0.5) is 14.9 Å². The second-order valence-corrected chi connectivity index (χ2v) is 9.65. The van der Waals surface area contributed by atoms with Gasteiger partial charge in [-0.2, -0.15) is 0 Å². The summed E-state index contributed by atoms with van der Waals surface area (Å²) >= 11 is 0.946. The van der Waals surface area contributed by atoms with Gasteiger partial charge >= 0.3 is 0 Å². The van der Waals surface area contributed by atoms with Crippen molar-refractivity contribution in [2.75, 3.05) is 11.9 Å². The first-order valence-electron chi connectivity index (χ1n) is 10.1. The Morgan fingerprint density at radius 1 is 1.10 bits per heavy atom. The summed E-state index contributed by atoms with van der Waals surface area (Å²) < 4.78 is 13.1. The molecule has 4 nitrogen and oxygen atoms in total. The van der Waals surface area contributed by atoms with Gasteiger partial charge in [0.1, 0.15) is 5.82 Å². The van der Waals surface area contributed by atoms with E-state index in [1.807, 2.05) is 6.92 Å². The first-order valence-corrected chi connectivity index (χ1v) is 11.0. The Kier molecular flexibility index (Phi) is 5.30. The molecule has 2 amide bonds. The average Bonchev–Trinajstić information content (AvgIpc) is 2.96. The zero-order chi connectivity index (χ0) is 22.5. The zero-order valence-electron chi connectivity index (χ0n) is 18.3. The highest BCUT2D eigenvalue weighted by Gasteiger charge is 2.35. The molecule has 6 heteroatoms. The molecular weight excluding hydrogens is 411 g/mol. The molecule has 2 aromatic carbocycles. The van der Waals surface area contributed by atoms with Crippen LogP contribution >= 0.6 is 11.8 Å². The lowest BCUT2D eigenvalue weighted by molar-refractivity contribution is -0.123. The minimum atomic E-state index is -0.348. The lowest BCUT2D eigenvalue weighted by Crippen LogP contribution is -2.42. The van der Waals surface area contributed by atoms with Crippen molar-refractivity contribution in [3.05, 3.63) is 75.5 Å². The highest BCUT2D eigenvalue weighted by molar-refractivity contribution is 8.18. The molecule has 0 atom stereocenters. The number of imide groups is 1. The summed E-state index contributed by atoms with van der Waals surface area (Å²) in [7, 11) is 2.09. The molecule has 31 heavy (non-hydrogen) atoms. The van der Waals surface area contributed by atoms with Crippen molar-refractivity contribution in [1.29, 1.82) is 0 Å². The Morgan fingerprint density at radius 2 is 1.77 bits per heavy atom. The molecule has 0 spiro atoms. The summed E-state index contributed by atoms with van der Waals surface area (Å²) in [6.07, 6.45) is 4.04. The summed E-state index contributed by atoms with van der Waals surface area (Å²) in [5.74, 6) is -0.666. The Bertz CT molecular complexity index is 1150. The highest BCUT2D eigenvalue weighted by atomic mass is 32.2. The number of hydrogen-bond acceptors (Lipinski definition) is 4. The van der Waals surface area contributed by atoms with E-state index in [0.717, 1.165) is 34.1 Å². The first-order chi connectivity index (χ1) is 14.6. The van der Waals surface area contributed by atoms with Crippen molar-refractivity contribution >= 4 is 40.2 Å². The molecule has 2 aliphatic rings. The topological polar surface area (TPSA) is 40.6 Å². The lowest BCUT2D eigenvalue weighted by Gasteiger charge is -2.41. The number of nitrogens with zero attached hydrogens (tertiary/aromatic N) is 2. The van der Waals surface area contributed by atoms with Crippen LogP contribution in [-0.4, -0.2) is 28.6 Å². The molecule has 2 heterocycles. The number of rotatable bonds is 3. The second kappa shape index (κ2) is 7.68. The van der Waals surface area contributed by atoms with Gasteiger partial charge in [-0.25, -0.2) is 4.39 Å². The molecule has 1 saturated heterocycles. The van der Waals surface area contributed by atoms with Crippen LogP contribution in [-0.2, 0) is 11.3 Å². The zero-order valence-corrected chi connectivity index (χ0v) is 19.1. The molecule has 0 bridgehead atoms. The van der Waals surface area contributed by atoms with E-state index >= 15 is 0 Å². The standard InChI is InChI=1S/C25H25FN2O2S/c1-15-10-21-20(16(2)13-25(3,4)27(21)5)11-18(15)12-22-23(29)28(24(30)31-22)14-17-6-8-19(26)9-7-17/h6-13H,14H2,1-5H3/b22-12+. The van der Waals surface area contributed by atoms with Gasteiger partial charge in [0.15, 0.2) is 0 Å². The number of carbonyl (C=O) groups is 2. The molecule has 4 rings (SSSR count). The van der Waals surface area contributed by atoms with E-state index in [4.69, 9.17) is 0 Å². The fourth-order valence-corrected chi connectivity index (χ4v) is 4.85. The van der Waals surface area contributed by atoms with Gasteiger partial charge in [0.25, 0.3) is 11.1 Å². The normalized spacial score (nSPS) is 19.2. The number of carbonyl (C=O) groups excluding carboxylic acids is 2. The molecule has 1 fully saturated rings. The predicted molar refractivity (Wildman–Crippen MR) is 125 cm³/mol. The minimum Gasteiger partial charge on any atom is -0.365 e. The second-order valence-electron chi connectivity index (χ2n) is 8.66. The van der Waals surface area contributed by atoms with Crippen molar-refractivity contribution in [3.63, 3.8) is 0 Å². The van der Waals surface area contributed by atoms with Gasteiger partial charge in [0.05, 0.1) is 17.0 Å². The molecule has 160 valence electrons. The fraction of sp³-hybridized carbons (Fsp3) is 0.280. The summed E-state index contributed by atoms with van der Waals surface area (Å²) in [6, 6.07) is 10.1. The first kappa shape index (κ1) is 21.4. The van der Waals surface area contributed by atoms with E-state index in [9.17, 15) is 14.0 Å². The third-order valence-corrected chi connectivity index (χ3v) is 6.93. The van der Waals surface area contributed by atoms with Crippen molar-refractivity contribution in [2.24, 2.45) is 0 Å². The number of thioether (sulfide) groups is 1. The van der Waals surface area contributed by atoms with Gasteiger partial charge in [-0.15, -0.1) is 0 Å². The fourth-order valence-electron chi connectivity index (χ4n) is 4.02. The Morgan fingerprint density at radius 3 is 2.45 bits per heavy atom. The Hall–Kier alpha value is -2.86. The number of aryl methyl sites for hydroxylation is 1. The number of allylic oxidation sites excluding steroid dienone is 1. The third-order valence-electron chi connectivity index (χ3n) is 6.02. The number of benzene rings is 2. The van der Waals surface area contributed by atoms with Crippen molar-refractivity contribution < 1.29 is 14.0 Å². The molecule has 0 saturated carbocycles. The number of anilines is 1. The summed E-state index contributed by atoms with van der Waals surface area (Å²) in [4.78, 5) is 29.3. The van der Waals surface area contributed by atoms with Crippen LogP contribution in [0.2, 0.25) is 0 Å². The van der Waals surface area contributed by atoms with Crippen LogP contribution in [0, 0.1) is 12.7 Å². The molecule has 0 aliphatic carbocycles. The Balaban J connectivity index is 1.65. The molecule has 2 aliphatic heterocycles. The Labute approximate surface area is 186 Å². The lowest BCUT2D eigenvalue weighted by atomic mass is 9.87. The minimum absolute atomic E-state index is 0.0753. The van der Waals surface area contributed by atoms with E-state index in [-0.39, 0.29) is 29.0 Å². The average molecular weight is 437 g/mol. The number of hydrogen-bond donors (Lipinski definition) is 0. The molecule has 0 N–H and O–H groups in total. The van der Waals surface area contributed by atoms with Gasteiger partial charge in [0, 0.05) is 18.3 Å². The number of amides is 2. The summed E-state index contributed by atoms with van der Waals surface area (Å²) in [5, 5.41) is -0.311. The smallest absolute Gasteiger partial charge is 0.293 e. The van der Waals surface area contributed by atoms with Crippen molar-refractivity contribution in [1.82, 2.24) is 4.90 Å². The van der Waals surface area contributed by atoms with Crippen LogP contribution in [0.3, 0.4) is 0 Å². The maximum atomic E-state index is 13.1. The summed E-state index contributed by atoms with van der Waals surface area (Å²) in [6.45, 7) is 8.61. The SMILES string of the molecule is CC1=CC(C)(C)N(C)c2cc(C)c(/C=C3/SC(=O)N(Cc4ccc(F)cc4)C3=O)cc21. The van der Waals surface area contributed by atoms with Crippen molar-refractivity contribution in [2.45, 2.75) is 39.8 Å². The number of likely N-dealkylation sites (N-methyl/N-ethyl adjacent to an activating group) is 1. The van der Waals surface area contributed by atoms with Crippen LogP contribution in [0.1, 0.15) is 43.0 Å². The van der Waals surface area contributed by atoms with E-state index in [0.29, 0.717) is 10.5 Å². The summed E-state index contributed by atoms with van der Waals surface area (Å²) in [5.41, 5.74) is 6.08. The monoisotopic (exact) mass is 436 g/mol. The number of halogens is 1. The molecule has 0 aromatic heterocycles. The van der Waals surface area contributed by atoms with Gasteiger partial charge < -0.3 is 4.90 Å². The van der Waals surface area contributed by atoms with Crippen LogP contribution < -0.4 is 4.90 Å². The maximum Gasteiger partial charge on any atom is 0.293 e. The van der Waals surface area contributed by atoms with Gasteiger partial charge in [-0.05, 0) is 92.1 Å². The molecule has 0 unspecified atom stereocenters. The van der Waals surface area contributed by atoms with Gasteiger partial charge in [0.2, 0.25) is 0 Å². The van der Waals surface area contributed by atoms with Crippen LogP contribution in [0.5, 0.6) is 0 Å². The molecular formula is C25H25FN2O2S. The predicted octanol–water partition coefficient (Wildman–Crippen LogP) is 6.00. The van der Waals surface area contributed by atoms with Gasteiger partial charge in [-0.1, -0.05) is 18.2 Å². The number of fused-ring (bicyclic) bond motifs is 1. The van der Waals surface area contributed by atoms with E-state index < -0.39 is 0 Å². The molecule has 2 aromatic rings. The molecule has 0 radical (unpaired) electrons.